The van der Waals surface area contributed by atoms with Crippen LogP contribution in [0.1, 0.15) is 31.7 Å². The standard InChI is InChI=1S/C28H30N6O3/c1-2-3-18-37-23-13-11-22(12-14-23)24-19-25-27-31-34(28(36)32(27)16-17-33(25)30-24)20-26(35)29-15-7-10-21-8-5-4-6-9-21/h4-6,8-9,11-14,16-17,19H,2-3,7,10,15,18,20H2,1H3,(H,29,35). The summed E-state index contributed by atoms with van der Waals surface area (Å²) >= 11 is 0. The van der Waals surface area contributed by atoms with Crippen molar-refractivity contribution in [1.82, 2.24) is 29.1 Å². The monoisotopic (exact) mass is 498 g/mol. The molecule has 0 spiro atoms. The Balaban J connectivity index is 1.28. The lowest BCUT2D eigenvalue weighted by Crippen LogP contribution is -2.33. The third-order valence-corrected chi connectivity index (χ3v) is 6.21. The molecule has 0 atom stereocenters. The molecule has 0 fully saturated rings. The zero-order chi connectivity index (χ0) is 25.6. The second-order valence-corrected chi connectivity index (χ2v) is 8.96. The number of unbranched alkanes of at least 4 members (excludes halogenated alkanes) is 1. The summed E-state index contributed by atoms with van der Waals surface area (Å²) < 4.78 is 10.1. The Hall–Kier alpha value is -4.40. The number of nitrogens with zero attached hydrogens (tertiary/aromatic N) is 5. The van der Waals surface area contributed by atoms with Crippen molar-refractivity contribution >= 4 is 17.1 Å². The van der Waals surface area contributed by atoms with E-state index in [2.05, 4.69) is 34.6 Å². The maximum absolute atomic E-state index is 12.9. The summed E-state index contributed by atoms with van der Waals surface area (Å²) in [5.41, 5.74) is 3.68. The highest BCUT2D eigenvalue weighted by Crippen LogP contribution is 2.24. The Morgan fingerprint density at radius 2 is 1.81 bits per heavy atom. The number of rotatable bonds is 11. The molecule has 0 aliphatic heterocycles. The number of nitrogens with one attached hydrogen (secondary N) is 1. The first-order valence-corrected chi connectivity index (χ1v) is 12.6. The number of benzene rings is 2. The van der Waals surface area contributed by atoms with E-state index in [4.69, 9.17) is 4.74 Å². The van der Waals surface area contributed by atoms with Gasteiger partial charge in [-0.1, -0.05) is 43.7 Å². The van der Waals surface area contributed by atoms with Crippen LogP contribution in [0.5, 0.6) is 5.75 Å². The third-order valence-electron chi connectivity index (χ3n) is 6.21. The quantitative estimate of drug-likeness (QED) is 0.280. The smallest absolute Gasteiger partial charge is 0.350 e. The molecule has 5 rings (SSSR count). The van der Waals surface area contributed by atoms with Crippen LogP contribution in [0.2, 0.25) is 0 Å². The summed E-state index contributed by atoms with van der Waals surface area (Å²) in [7, 11) is 0. The summed E-state index contributed by atoms with van der Waals surface area (Å²) in [6, 6.07) is 19.8. The normalized spacial score (nSPS) is 11.3. The lowest BCUT2D eigenvalue weighted by molar-refractivity contribution is -0.121. The molecule has 1 amide bonds. The third kappa shape index (κ3) is 5.55. The van der Waals surface area contributed by atoms with E-state index < -0.39 is 0 Å². The molecule has 0 saturated heterocycles. The molecule has 9 nitrogen and oxygen atoms in total. The first-order chi connectivity index (χ1) is 18.1. The molecule has 5 aromatic rings. The van der Waals surface area contributed by atoms with Crippen molar-refractivity contribution in [3.05, 3.63) is 89.1 Å². The van der Waals surface area contributed by atoms with E-state index in [-0.39, 0.29) is 18.1 Å². The summed E-state index contributed by atoms with van der Waals surface area (Å²) in [5.74, 6) is 0.581. The number of aromatic nitrogens is 5. The Morgan fingerprint density at radius 3 is 2.59 bits per heavy atom. The number of ether oxygens (including phenoxy) is 1. The second-order valence-electron chi connectivity index (χ2n) is 8.96. The lowest BCUT2D eigenvalue weighted by atomic mass is 10.1. The fourth-order valence-electron chi connectivity index (χ4n) is 4.19. The van der Waals surface area contributed by atoms with E-state index in [1.165, 1.54) is 14.6 Å². The molecule has 2 aromatic carbocycles. The van der Waals surface area contributed by atoms with Crippen molar-refractivity contribution < 1.29 is 9.53 Å². The van der Waals surface area contributed by atoms with E-state index in [1.54, 1.807) is 16.9 Å². The van der Waals surface area contributed by atoms with Crippen LogP contribution in [0, 0.1) is 0 Å². The number of aryl methyl sites for hydroxylation is 1. The molecule has 190 valence electrons. The van der Waals surface area contributed by atoms with Crippen LogP contribution < -0.4 is 15.7 Å². The van der Waals surface area contributed by atoms with Crippen molar-refractivity contribution in [2.24, 2.45) is 0 Å². The summed E-state index contributed by atoms with van der Waals surface area (Å²) in [4.78, 5) is 25.4. The van der Waals surface area contributed by atoms with Gasteiger partial charge in [0.2, 0.25) is 5.91 Å². The van der Waals surface area contributed by atoms with Gasteiger partial charge in [0.05, 0.1) is 12.3 Å². The molecule has 0 saturated carbocycles. The molecular weight excluding hydrogens is 468 g/mol. The largest absolute Gasteiger partial charge is 0.494 e. The van der Waals surface area contributed by atoms with Gasteiger partial charge in [0.1, 0.15) is 17.8 Å². The van der Waals surface area contributed by atoms with Gasteiger partial charge >= 0.3 is 5.69 Å². The highest BCUT2D eigenvalue weighted by atomic mass is 16.5. The van der Waals surface area contributed by atoms with Gasteiger partial charge in [-0.25, -0.2) is 18.4 Å². The fraction of sp³-hybridized carbons (Fsp3) is 0.286. The zero-order valence-corrected chi connectivity index (χ0v) is 20.8. The molecule has 1 N–H and O–H groups in total. The van der Waals surface area contributed by atoms with Crippen LogP contribution in [-0.2, 0) is 17.8 Å². The lowest BCUT2D eigenvalue weighted by Gasteiger charge is -2.05. The molecule has 0 unspecified atom stereocenters. The van der Waals surface area contributed by atoms with Crippen molar-refractivity contribution in [1.29, 1.82) is 0 Å². The van der Waals surface area contributed by atoms with Crippen LogP contribution >= 0.6 is 0 Å². The number of hydrogen-bond acceptors (Lipinski definition) is 5. The Labute approximate surface area is 214 Å². The first-order valence-electron chi connectivity index (χ1n) is 12.6. The maximum atomic E-state index is 12.9. The predicted molar refractivity (Wildman–Crippen MR) is 142 cm³/mol. The van der Waals surface area contributed by atoms with E-state index >= 15 is 0 Å². The van der Waals surface area contributed by atoms with Gasteiger partial charge in [-0.3, -0.25) is 4.79 Å². The minimum atomic E-state index is -0.367. The number of amides is 1. The van der Waals surface area contributed by atoms with Gasteiger partial charge in [-0.15, -0.1) is 5.10 Å². The molecule has 37 heavy (non-hydrogen) atoms. The summed E-state index contributed by atoms with van der Waals surface area (Å²) in [6.45, 7) is 3.23. The van der Waals surface area contributed by atoms with Gasteiger partial charge in [0.15, 0.2) is 5.65 Å². The van der Waals surface area contributed by atoms with Gasteiger partial charge in [-0.2, -0.15) is 5.10 Å². The van der Waals surface area contributed by atoms with Crippen molar-refractivity contribution in [3.63, 3.8) is 0 Å². The number of carbonyl (C=O) groups is 1. The molecule has 3 aromatic heterocycles. The first kappa shape index (κ1) is 24.3. The molecular formula is C28H30N6O3. The Morgan fingerprint density at radius 1 is 1.00 bits per heavy atom. The van der Waals surface area contributed by atoms with Crippen LogP contribution in [0.4, 0.5) is 0 Å². The van der Waals surface area contributed by atoms with Crippen LogP contribution in [0.3, 0.4) is 0 Å². The summed E-state index contributed by atoms with van der Waals surface area (Å²) in [5, 5.41) is 12.0. The van der Waals surface area contributed by atoms with E-state index in [9.17, 15) is 9.59 Å². The van der Waals surface area contributed by atoms with Crippen LogP contribution in [-0.4, -0.2) is 42.9 Å². The van der Waals surface area contributed by atoms with Crippen molar-refractivity contribution in [2.45, 2.75) is 39.2 Å². The number of carbonyl (C=O) groups excluding carboxylic acids is 1. The topological polar surface area (TPSA) is 94.9 Å². The Kier molecular flexibility index (Phi) is 7.30. The molecule has 3 heterocycles. The SMILES string of the molecule is CCCCOc1ccc(-c2cc3c4nn(CC(=O)NCCCc5ccccc5)c(=O)n4ccn3n2)cc1. The van der Waals surface area contributed by atoms with Gasteiger partial charge in [0.25, 0.3) is 0 Å². The maximum Gasteiger partial charge on any atom is 0.350 e. The Bertz CT molecular complexity index is 1550. The highest BCUT2D eigenvalue weighted by Gasteiger charge is 2.15. The highest BCUT2D eigenvalue weighted by molar-refractivity contribution is 5.77. The minimum absolute atomic E-state index is 0.140. The zero-order valence-electron chi connectivity index (χ0n) is 20.8. The van der Waals surface area contributed by atoms with Crippen LogP contribution in [0.25, 0.3) is 22.4 Å². The van der Waals surface area contributed by atoms with Gasteiger partial charge < -0.3 is 10.1 Å². The molecule has 0 bridgehead atoms. The van der Waals surface area contributed by atoms with Gasteiger partial charge in [-0.05, 0) is 55.2 Å². The minimum Gasteiger partial charge on any atom is -0.494 e. The molecule has 0 aliphatic carbocycles. The second kappa shape index (κ2) is 11.1. The molecule has 9 heteroatoms. The van der Waals surface area contributed by atoms with E-state index in [0.29, 0.717) is 24.3 Å². The molecule has 0 radical (unpaired) electrons. The van der Waals surface area contributed by atoms with Crippen molar-refractivity contribution in [2.75, 3.05) is 13.2 Å². The number of hydrogen-bond donors (Lipinski definition) is 1. The fourth-order valence-corrected chi connectivity index (χ4v) is 4.19. The van der Waals surface area contributed by atoms with E-state index in [0.717, 1.165) is 42.7 Å². The number of fused-ring (bicyclic) bond motifs is 3. The summed E-state index contributed by atoms with van der Waals surface area (Å²) in [6.07, 6.45) is 7.14. The molecule has 0 aliphatic rings. The van der Waals surface area contributed by atoms with E-state index in [1.807, 2.05) is 48.5 Å². The van der Waals surface area contributed by atoms with Crippen molar-refractivity contribution in [3.8, 4) is 17.0 Å². The van der Waals surface area contributed by atoms with Gasteiger partial charge in [0, 0.05) is 24.5 Å². The average molecular weight is 499 g/mol. The average Bonchev–Trinajstić information content (AvgIpc) is 3.49. The predicted octanol–water partition coefficient (Wildman–Crippen LogP) is 3.74. The van der Waals surface area contributed by atoms with Crippen LogP contribution in [0.15, 0.2) is 77.9 Å².